The molecule has 5 heteroatoms. The molecule has 0 saturated carbocycles. The summed E-state index contributed by atoms with van der Waals surface area (Å²) in [7, 11) is -2.99. The van der Waals surface area contributed by atoms with E-state index in [1.807, 2.05) is 0 Å². The summed E-state index contributed by atoms with van der Waals surface area (Å²) in [6.45, 7) is 17.5. The second-order valence-electron chi connectivity index (χ2n) is 8.52. The van der Waals surface area contributed by atoms with E-state index in [4.69, 9.17) is 4.52 Å². The van der Waals surface area contributed by atoms with Gasteiger partial charge in [-0.05, 0) is 38.0 Å². The molecule has 0 heterocycles. The molecule has 0 aliphatic rings. The maximum absolute atomic E-state index is 14.6. The highest BCUT2D eigenvalue weighted by atomic mass is 31.2. The first-order valence-corrected chi connectivity index (χ1v) is 14.3. The minimum Gasteiger partial charge on any atom is -0.306 e. The van der Waals surface area contributed by atoms with Crippen LogP contribution < -0.4 is 0 Å². The van der Waals surface area contributed by atoms with E-state index in [-0.39, 0.29) is 0 Å². The van der Waals surface area contributed by atoms with Crippen LogP contribution >= 0.6 is 7.67 Å². The van der Waals surface area contributed by atoms with Crippen molar-refractivity contribution in [3.63, 3.8) is 0 Å². The molecule has 0 rings (SSSR count). The Balaban J connectivity index is 5.62. The van der Waals surface area contributed by atoms with Gasteiger partial charge in [0.15, 0.2) is 0 Å². The summed E-state index contributed by atoms with van der Waals surface area (Å²) >= 11 is 0. The predicted molar refractivity (Wildman–Crippen MR) is 130 cm³/mol. The van der Waals surface area contributed by atoms with Crippen LogP contribution in [0.25, 0.3) is 0 Å². The van der Waals surface area contributed by atoms with Gasteiger partial charge in [0.1, 0.15) is 0 Å². The Hall–Kier alpha value is 0.110. The molecule has 0 N–H and O–H groups in total. The number of hydrogen-bond acceptors (Lipinski definition) is 2. The Morgan fingerprint density at radius 2 is 1.03 bits per heavy atom. The highest BCUT2D eigenvalue weighted by molar-refractivity contribution is 7.53. The van der Waals surface area contributed by atoms with E-state index in [9.17, 15) is 4.57 Å². The fraction of sp³-hybridized carbons (Fsp3) is 1.00. The van der Waals surface area contributed by atoms with Crippen molar-refractivity contribution in [2.75, 3.05) is 32.8 Å². The average molecular weight is 433 g/mol. The van der Waals surface area contributed by atoms with E-state index >= 15 is 0 Å². The lowest BCUT2D eigenvalue weighted by molar-refractivity contribution is 0.167. The maximum atomic E-state index is 14.6. The minimum atomic E-state index is -2.99. The topological polar surface area (TPSA) is 32.8 Å². The minimum absolute atomic E-state index is 0.515. The molecule has 0 aromatic rings. The summed E-state index contributed by atoms with van der Waals surface area (Å²) < 4.78 is 25.5. The monoisotopic (exact) mass is 432 g/mol. The lowest BCUT2D eigenvalue weighted by atomic mass is 10.0. The molecular weight excluding hydrogens is 379 g/mol. The van der Waals surface area contributed by atoms with Gasteiger partial charge >= 0.3 is 7.67 Å². The van der Waals surface area contributed by atoms with Gasteiger partial charge in [-0.3, -0.25) is 4.57 Å². The van der Waals surface area contributed by atoms with Crippen molar-refractivity contribution in [3.8, 4) is 0 Å². The molecule has 29 heavy (non-hydrogen) atoms. The van der Waals surface area contributed by atoms with Crippen molar-refractivity contribution in [2.45, 2.75) is 119 Å². The van der Waals surface area contributed by atoms with Gasteiger partial charge in [-0.25, -0.2) is 9.34 Å². The standard InChI is InChI=1S/C24H53N2O2P/c1-7-13-18-24(12-6)23-28-29(27,25(19-14-8-2)20-15-9-3)26(21-16-10-4)22-17-11-5/h24H,7-23H2,1-6H3/t24-/m0/s1. The molecule has 0 aromatic heterocycles. The molecule has 4 nitrogen and oxygen atoms in total. The van der Waals surface area contributed by atoms with Crippen LogP contribution in [-0.4, -0.2) is 42.1 Å². The zero-order valence-corrected chi connectivity index (χ0v) is 21.7. The normalized spacial score (nSPS) is 13.5. The van der Waals surface area contributed by atoms with Crippen molar-refractivity contribution >= 4 is 7.67 Å². The SMILES string of the molecule is CCCC[C@H](CC)COP(=O)(N(CCCC)CCCC)N(CCCC)CCCC. The lowest BCUT2D eigenvalue weighted by Crippen LogP contribution is -2.36. The van der Waals surface area contributed by atoms with Crippen LogP contribution in [0.1, 0.15) is 119 Å². The molecule has 0 amide bonds. The molecule has 0 aromatic carbocycles. The molecule has 0 aliphatic carbocycles. The van der Waals surface area contributed by atoms with E-state index in [1.165, 1.54) is 19.3 Å². The van der Waals surface area contributed by atoms with E-state index in [2.05, 4.69) is 50.9 Å². The van der Waals surface area contributed by atoms with Crippen molar-refractivity contribution < 1.29 is 9.09 Å². The molecular formula is C24H53N2O2P. The smallest absolute Gasteiger partial charge is 0.306 e. The molecule has 176 valence electrons. The number of unbranched alkanes of at least 4 members (excludes halogenated alkanes) is 5. The zero-order valence-electron chi connectivity index (χ0n) is 20.8. The first-order valence-electron chi connectivity index (χ1n) is 12.8. The van der Waals surface area contributed by atoms with Gasteiger partial charge in [-0.15, -0.1) is 0 Å². The first-order chi connectivity index (χ1) is 14.0. The van der Waals surface area contributed by atoms with Crippen molar-refractivity contribution in [1.82, 2.24) is 9.34 Å². The summed E-state index contributed by atoms with van der Waals surface area (Å²) in [4.78, 5) is 0. The Labute approximate surface area is 183 Å². The van der Waals surface area contributed by atoms with Gasteiger partial charge in [0, 0.05) is 26.2 Å². The Kier molecular flexibility index (Phi) is 18.9. The number of rotatable bonds is 21. The highest BCUT2D eigenvalue weighted by Crippen LogP contribution is 2.55. The Bertz CT molecular complexity index is 366. The summed E-state index contributed by atoms with van der Waals surface area (Å²) in [6, 6.07) is 0. The highest BCUT2D eigenvalue weighted by Gasteiger charge is 2.38. The summed E-state index contributed by atoms with van der Waals surface area (Å²) in [5, 5.41) is 0. The van der Waals surface area contributed by atoms with Gasteiger partial charge in [0.25, 0.3) is 0 Å². The third-order valence-electron chi connectivity index (χ3n) is 5.82. The Morgan fingerprint density at radius 3 is 1.34 bits per heavy atom. The summed E-state index contributed by atoms with van der Waals surface area (Å²) in [6.07, 6.45) is 13.6. The van der Waals surface area contributed by atoms with Crippen LogP contribution in [0, 0.1) is 5.92 Å². The fourth-order valence-corrected chi connectivity index (χ4v) is 6.20. The number of nitrogens with zero attached hydrogens (tertiary/aromatic N) is 2. The average Bonchev–Trinajstić information content (AvgIpc) is 2.73. The van der Waals surface area contributed by atoms with E-state index < -0.39 is 7.67 Å². The second kappa shape index (κ2) is 18.8. The molecule has 0 bridgehead atoms. The second-order valence-corrected chi connectivity index (χ2v) is 10.9. The largest absolute Gasteiger partial charge is 0.346 e. The van der Waals surface area contributed by atoms with Crippen molar-refractivity contribution in [2.24, 2.45) is 5.92 Å². The molecule has 1 atom stereocenters. The van der Waals surface area contributed by atoms with Crippen LogP contribution in [0.4, 0.5) is 0 Å². The van der Waals surface area contributed by atoms with Crippen molar-refractivity contribution in [1.29, 1.82) is 0 Å². The third-order valence-corrected chi connectivity index (χ3v) is 8.53. The van der Waals surface area contributed by atoms with E-state index in [0.29, 0.717) is 12.5 Å². The van der Waals surface area contributed by atoms with Gasteiger partial charge in [0.05, 0.1) is 6.61 Å². The molecule has 0 radical (unpaired) electrons. The van der Waals surface area contributed by atoms with Gasteiger partial charge < -0.3 is 4.52 Å². The zero-order chi connectivity index (χ0) is 22.0. The Morgan fingerprint density at radius 1 is 0.655 bits per heavy atom. The van der Waals surface area contributed by atoms with Gasteiger partial charge in [-0.1, -0.05) is 86.5 Å². The van der Waals surface area contributed by atoms with Gasteiger partial charge in [-0.2, -0.15) is 0 Å². The van der Waals surface area contributed by atoms with Gasteiger partial charge in [0.2, 0.25) is 0 Å². The maximum Gasteiger partial charge on any atom is 0.346 e. The summed E-state index contributed by atoms with van der Waals surface area (Å²) in [5.41, 5.74) is 0. The van der Waals surface area contributed by atoms with Crippen LogP contribution in [0.2, 0.25) is 0 Å². The molecule has 0 unspecified atom stereocenters. The van der Waals surface area contributed by atoms with Crippen LogP contribution in [0.5, 0.6) is 0 Å². The van der Waals surface area contributed by atoms with Crippen LogP contribution in [-0.2, 0) is 9.09 Å². The van der Waals surface area contributed by atoms with Crippen LogP contribution in [0.3, 0.4) is 0 Å². The molecule has 0 spiro atoms. The van der Waals surface area contributed by atoms with E-state index in [1.54, 1.807) is 0 Å². The first kappa shape index (κ1) is 29.1. The molecule has 0 fully saturated rings. The fourth-order valence-electron chi connectivity index (χ4n) is 3.53. The summed E-state index contributed by atoms with van der Waals surface area (Å²) in [5.74, 6) is 0.515. The third kappa shape index (κ3) is 11.9. The molecule has 0 aliphatic heterocycles. The quantitative estimate of drug-likeness (QED) is 0.171. The van der Waals surface area contributed by atoms with E-state index in [0.717, 1.165) is 84.0 Å². The number of hydrogen-bond donors (Lipinski definition) is 0. The van der Waals surface area contributed by atoms with Crippen molar-refractivity contribution in [3.05, 3.63) is 0 Å². The lowest BCUT2D eigenvalue weighted by Gasteiger charge is -2.39. The predicted octanol–water partition coefficient (Wildman–Crippen LogP) is 8.13. The molecule has 0 saturated heterocycles. The van der Waals surface area contributed by atoms with Crippen LogP contribution in [0.15, 0.2) is 0 Å².